The van der Waals surface area contributed by atoms with Gasteiger partial charge in [-0.05, 0) is 18.2 Å². The molecule has 0 bridgehead atoms. The van der Waals surface area contributed by atoms with Gasteiger partial charge in [0.2, 0.25) is 5.82 Å². The van der Waals surface area contributed by atoms with Crippen molar-refractivity contribution in [3.63, 3.8) is 0 Å². The third kappa shape index (κ3) is 2.17. The molecule has 0 saturated heterocycles. The van der Waals surface area contributed by atoms with E-state index in [1.807, 2.05) is 0 Å². The molecule has 80 valence electrons. The van der Waals surface area contributed by atoms with Crippen LogP contribution in [0.25, 0.3) is 11.3 Å². The van der Waals surface area contributed by atoms with E-state index < -0.39 is 5.97 Å². The second kappa shape index (κ2) is 4.28. The molecule has 0 unspecified atom stereocenters. The molecule has 2 rings (SSSR count). The fraction of sp³-hybridized carbons (Fsp3) is 0. The molecular formula is C11H7ClN2O2. The summed E-state index contributed by atoms with van der Waals surface area (Å²) in [6, 6.07) is 8.68. The molecule has 1 heterocycles. The van der Waals surface area contributed by atoms with Gasteiger partial charge >= 0.3 is 5.97 Å². The Hall–Kier alpha value is -1.94. The van der Waals surface area contributed by atoms with Crippen molar-refractivity contribution in [1.29, 1.82) is 0 Å². The summed E-state index contributed by atoms with van der Waals surface area (Å²) in [5.41, 5.74) is 1.30. The predicted molar refractivity (Wildman–Crippen MR) is 59.4 cm³/mol. The van der Waals surface area contributed by atoms with E-state index >= 15 is 0 Å². The highest BCUT2D eigenvalue weighted by Gasteiger charge is 2.08. The minimum Gasteiger partial charge on any atom is -0.475 e. The zero-order valence-corrected chi connectivity index (χ0v) is 8.85. The van der Waals surface area contributed by atoms with Crippen LogP contribution in [0.5, 0.6) is 0 Å². The third-order valence-corrected chi connectivity index (χ3v) is 2.20. The maximum atomic E-state index is 10.7. The van der Waals surface area contributed by atoms with Gasteiger partial charge in [-0.3, -0.25) is 0 Å². The molecule has 1 aromatic carbocycles. The number of aromatic carboxylic acids is 1. The summed E-state index contributed by atoms with van der Waals surface area (Å²) >= 11 is 5.84. The Kier molecular flexibility index (Phi) is 2.83. The SMILES string of the molecule is O=C(O)c1nccc(-c2cccc(Cl)c2)n1. The first-order valence-electron chi connectivity index (χ1n) is 4.49. The Morgan fingerprint density at radius 3 is 2.81 bits per heavy atom. The number of halogens is 1. The number of hydrogen-bond donors (Lipinski definition) is 1. The van der Waals surface area contributed by atoms with Gasteiger partial charge in [-0.15, -0.1) is 0 Å². The molecular weight excluding hydrogens is 228 g/mol. The van der Waals surface area contributed by atoms with Crippen molar-refractivity contribution < 1.29 is 9.90 Å². The van der Waals surface area contributed by atoms with E-state index in [1.54, 1.807) is 30.3 Å². The maximum Gasteiger partial charge on any atom is 0.373 e. The highest BCUT2D eigenvalue weighted by Crippen LogP contribution is 2.20. The Balaban J connectivity index is 2.48. The summed E-state index contributed by atoms with van der Waals surface area (Å²) in [4.78, 5) is 18.3. The standard InChI is InChI=1S/C11H7ClN2O2/c12-8-3-1-2-7(6-8)9-4-5-13-10(14-9)11(15)16/h1-6H,(H,15,16). The smallest absolute Gasteiger partial charge is 0.373 e. The number of hydrogen-bond acceptors (Lipinski definition) is 3. The van der Waals surface area contributed by atoms with Crippen LogP contribution in [0.4, 0.5) is 0 Å². The van der Waals surface area contributed by atoms with Gasteiger partial charge in [0.05, 0.1) is 5.69 Å². The first-order valence-corrected chi connectivity index (χ1v) is 4.87. The van der Waals surface area contributed by atoms with E-state index in [0.29, 0.717) is 10.7 Å². The summed E-state index contributed by atoms with van der Waals surface area (Å²) in [6.45, 7) is 0. The third-order valence-electron chi connectivity index (χ3n) is 1.97. The number of aromatic nitrogens is 2. The molecule has 5 heteroatoms. The van der Waals surface area contributed by atoms with Gasteiger partial charge < -0.3 is 5.11 Å². The molecule has 1 N–H and O–H groups in total. The number of benzene rings is 1. The van der Waals surface area contributed by atoms with Crippen LogP contribution >= 0.6 is 11.6 Å². The van der Waals surface area contributed by atoms with Gasteiger partial charge in [0.1, 0.15) is 0 Å². The van der Waals surface area contributed by atoms with Gasteiger partial charge in [0, 0.05) is 16.8 Å². The van der Waals surface area contributed by atoms with E-state index in [-0.39, 0.29) is 5.82 Å². The lowest BCUT2D eigenvalue weighted by molar-refractivity contribution is 0.0683. The minimum atomic E-state index is -1.15. The fourth-order valence-electron chi connectivity index (χ4n) is 1.27. The first kappa shape index (κ1) is 10.6. The van der Waals surface area contributed by atoms with E-state index in [4.69, 9.17) is 16.7 Å². The quantitative estimate of drug-likeness (QED) is 0.867. The minimum absolute atomic E-state index is 0.225. The van der Waals surface area contributed by atoms with Crippen LogP contribution in [0.1, 0.15) is 10.6 Å². The summed E-state index contributed by atoms with van der Waals surface area (Å²) in [5.74, 6) is -1.37. The fourth-order valence-corrected chi connectivity index (χ4v) is 1.46. The molecule has 0 saturated carbocycles. The van der Waals surface area contributed by atoms with Gasteiger partial charge in [-0.2, -0.15) is 0 Å². The summed E-state index contributed by atoms with van der Waals surface area (Å²) < 4.78 is 0. The summed E-state index contributed by atoms with van der Waals surface area (Å²) in [6.07, 6.45) is 1.41. The zero-order chi connectivity index (χ0) is 11.5. The Morgan fingerprint density at radius 1 is 1.31 bits per heavy atom. The molecule has 0 atom stereocenters. The molecule has 0 fully saturated rings. The van der Waals surface area contributed by atoms with E-state index in [0.717, 1.165) is 5.56 Å². The zero-order valence-electron chi connectivity index (χ0n) is 8.09. The number of carbonyl (C=O) groups is 1. The van der Waals surface area contributed by atoms with Gasteiger partial charge in [0.25, 0.3) is 0 Å². The van der Waals surface area contributed by atoms with Crippen LogP contribution in [0.2, 0.25) is 5.02 Å². The predicted octanol–water partition coefficient (Wildman–Crippen LogP) is 2.50. The van der Waals surface area contributed by atoms with Crippen molar-refractivity contribution in [2.45, 2.75) is 0 Å². The van der Waals surface area contributed by atoms with E-state index in [9.17, 15) is 4.79 Å². The monoisotopic (exact) mass is 234 g/mol. The average molecular weight is 235 g/mol. The highest BCUT2D eigenvalue weighted by atomic mass is 35.5. The lowest BCUT2D eigenvalue weighted by atomic mass is 10.1. The number of nitrogens with zero attached hydrogens (tertiary/aromatic N) is 2. The van der Waals surface area contributed by atoms with Crippen LogP contribution in [0, 0.1) is 0 Å². The van der Waals surface area contributed by atoms with Gasteiger partial charge in [-0.1, -0.05) is 23.7 Å². The normalized spacial score (nSPS) is 10.1. The molecule has 2 aromatic rings. The second-order valence-electron chi connectivity index (χ2n) is 3.08. The lowest BCUT2D eigenvalue weighted by Gasteiger charge is -2.01. The number of carboxylic acids is 1. The van der Waals surface area contributed by atoms with E-state index in [2.05, 4.69) is 9.97 Å². The Labute approximate surface area is 96.6 Å². The molecule has 16 heavy (non-hydrogen) atoms. The summed E-state index contributed by atoms with van der Waals surface area (Å²) in [5, 5.41) is 9.34. The van der Waals surface area contributed by atoms with Crippen LogP contribution in [-0.2, 0) is 0 Å². The first-order chi connectivity index (χ1) is 7.66. The van der Waals surface area contributed by atoms with Crippen LogP contribution in [-0.4, -0.2) is 21.0 Å². The highest BCUT2D eigenvalue weighted by molar-refractivity contribution is 6.30. The molecule has 4 nitrogen and oxygen atoms in total. The van der Waals surface area contributed by atoms with Crippen LogP contribution in [0.3, 0.4) is 0 Å². The molecule has 0 aliphatic heterocycles. The topological polar surface area (TPSA) is 63.1 Å². The Bertz CT molecular complexity index is 543. The van der Waals surface area contributed by atoms with Gasteiger partial charge in [0.15, 0.2) is 0 Å². The molecule has 0 aliphatic rings. The lowest BCUT2D eigenvalue weighted by Crippen LogP contribution is -2.03. The molecule has 0 aliphatic carbocycles. The van der Waals surface area contributed by atoms with Crippen molar-refractivity contribution in [2.75, 3.05) is 0 Å². The Morgan fingerprint density at radius 2 is 2.12 bits per heavy atom. The van der Waals surface area contributed by atoms with Crippen LogP contribution in [0.15, 0.2) is 36.5 Å². The summed E-state index contributed by atoms with van der Waals surface area (Å²) in [7, 11) is 0. The number of carboxylic acid groups (broad SMARTS) is 1. The average Bonchev–Trinajstić information content (AvgIpc) is 2.29. The van der Waals surface area contributed by atoms with Gasteiger partial charge in [-0.25, -0.2) is 14.8 Å². The van der Waals surface area contributed by atoms with Crippen LogP contribution < -0.4 is 0 Å². The van der Waals surface area contributed by atoms with Crippen molar-refractivity contribution >= 4 is 17.6 Å². The van der Waals surface area contributed by atoms with E-state index in [1.165, 1.54) is 6.20 Å². The maximum absolute atomic E-state index is 10.7. The molecule has 0 radical (unpaired) electrons. The van der Waals surface area contributed by atoms with Crippen molar-refractivity contribution in [1.82, 2.24) is 9.97 Å². The molecule has 0 amide bonds. The molecule has 0 spiro atoms. The second-order valence-corrected chi connectivity index (χ2v) is 3.52. The molecule has 1 aromatic heterocycles. The van der Waals surface area contributed by atoms with Crippen molar-refractivity contribution in [2.24, 2.45) is 0 Å². The largest absolute Gasteiger partial charge is 0.475 e. The van der Waals surface area contributed by atoms with Crippen molar-refractivity contribution in [3.8, 4) is 11.3 Å². The van der Waals surface area contributed by atoms with Crippen molar-refractivity contribution in [3.05, 3.63) is 47.4 Å². The number of rotatable bonds is 2.